The topological polar surface area (TPSA) is 76.2 Å². The quantitative estimate of drug-likeness (QED) is 0.507. The number of anilines is 1. The zero-order valence-electron chi connectivity index (χ0n) is 20.4. The van der Waals surface area contributed by atoms with Crippen LogP contribution in [-0.2, 0) is 0 Å². The molecule has 1 amide bonds. The minimum atomic E-state index is -0.156. The molecule has 4 rings (SSSR count). The summed E-state index contributed by atoms with van der Waals surface area (Å²) in [5.74, 6) is 1.82. The van der Waals surface area contributed by atoms with E-state index in [4.69, 9.17) is 14.2 Å². The van der Waals surface area contributed by atoms with Gasteiger partial charge >= 0.3 is 0 Å². The number of hydrogen-bond acceptors (Lipinski definition) is 7. The molecule has 2 heterocycles. The Balaban J connectivity index is 1.43. The summed E-state index contributed by atoms with van der Waals surface area (Å²) in [6.07, 6.45) is 3.65. The third-order valence-electron chi connectivity index (χ3n) is 6.36. The third-order valence-corrected chi connectivity index (χ3v) is 6.36. The van der Waals surface area contributed by atoms with Crippen molar-refractivity contribution < 1.29 is 19.0 Å². The number of carbonyl (C=O) groups is 1. The number of aromatic nitrogens is 1. The van der Waals surface area contributed by atoms with Crippen LogP contribution in [0.3, 0.4) is 0 Å². The number of benzene rings is 2. The molecular formula is C27H32N4O4. The Hall–Kier alpha value is -3.78. The molecule has 1 atom stereocenters. The Bertz CT molecular complexity index is 1100. The summed E-state index contributed by atoms with van der Waals surface area (Å²) in [7, 11) is 4.81. The Morgan fingerprint density at radius 3 is 2.31 bits per heavy atom. The van der Waals surface area contributed by atoms with Crippen molar-refractivity contribution in [3.8, 4) is 17.2 Å². The lowest BCUT2D eigenvalue weighted by Crippen LogP contribution is -2.50. The molecule has 8 nitrogen and oxygen atoms in total. The molecule has 1 saturated heterocycles. The second kappa shape index (κ2) is 11.6. The molecule has 3 aromatic rings. The average molecular weight is 477 g/mol. The maximum Gasteiger partial charge on any atom is 0.251 e. The van der Waals surface area contributed by atoms with Gasteiger partial charge in [-0.2, -0.15) is 0 Å². The minimum Gasteiger partial charge on any atom is -0.497 e. The van der Waals surface area contributed by atoms with Gasteiger partial charge in [0.15, 0.2) is 11.5 Å². The fourth-order valence-electron chi connectivity index (χ4n) is 4.38. The van der Waals surface area contributed by atoms with Crippen LogP contribution in [0, 0.1) is 0 Å². The first-order chi connectivity index (χ1) is 17.1. The highest BCUT2D eigenvalue weighted by molar-refractivity contribution is 5.94. The minimum absolute atomic E-state index is 0.0193. The molecule has 1 aromatic heterocycles. The first kappa shape index (κ1) is 24.3. The van der Waals surface area contributed by atoms with E-state index in [1.165, 1.54) is 5.69 Å². The van der Waals surface area contributed by atoms with Crippen LogP contribution in [0.1, 0.15) is 22.0 Å². The molecule has 0 saturated carbocycles. The van der Waals surface area contributed by atoms with Crippen LogP contribution >= 0.6 is 0 Å². The molecule has 1 fully saturated rings. The van der Waals surface area contributed by atoms with Gasteiger partial charge in [-0.25, -0.2) is 0 Å². The molecule has 0 spiro atoms. The summed E-state index contributed by atoms with van der Waals surface area (Å²) < 4.78 is 15.9. The van der Waals surface area contributed by atoms with Crippen molar-refractivity contribution in [1.29, 1.82) is 0 Å². The fraction of sp³-hybridized carbons (Fsp3) is 0.333. The fourth-order valence-corrected chi connectivity index (χ4v) is 4.38. The molecule has 1 aliphatic rings. The molecule has 2 aromatic carbocycles. The highest BCUT2D eigenvalue weighted by atomic mass is 16.5. The van der Waals surface area contributed by atoms with Crippen molar-refractivity contribution >= 4 is 11.6 Å². The summed E-state index contributed by atoms with van der Waals surface area (Å²) in [6, 6.07) is 17.4. The number of piperazine rings is 1. The summed E-state index contributed by atoms with van der Waals surface area (Å²) in [5.41, 5.74) is 2.79. The van der Waals surface area contributed by atoms with E-state index in [1.54, 1.807) is 45.7 Å². The molecule has 35 heavy (non-hydrogen) atoms. The Kier molecular flexibility index (Phi) is 8.05. The van der Waals surface area contributed by atoms with E-state index in [0.29, 0.717) is 23.6 Å². The van der Waals surface area contributed by atoms with Crippen molar-refractivity contribution in [3.63, 3.8) is 0 Å². The number of nitrogens with one attached hydrogen (secondary N) is 1. The monoisotopic (exact) mass is 476 g/mol. The number of rotatable bonds is 9. The van der Waals surface area contributed by atoms with E-state index in [2.05, 4.69) is 38.3 Å². The van der Waals surface area contributed by atoms with Gasteiger partial charge in [-0.15, -0.1) is 0 Å². The lowest BCUT2D eigenvalue weighted by molar-refractivity contribution is 0.0929. The van der Waals surface area contributed by atoms with E-state index < -0.39 is 0 Å². The maximum absolute atomic E-state index is 13.0. The van der Waals surface area contributed by atoms with Crippen LogP contribution in [0.2, 0.25) is 0 Å². The predicted molar refractivity (Wildman–Crippen MR) is 136 cm³/mol. The van der Waals surface area contributed by atoms with Gasteiger partial charge in [-0.05, 0) is 54.1 Å². The molecule has 1 N–H and O–H groups in total. The summed E-state index contributed by atoms with van der Waals surface area (Å²) in [5, 5.41) is 3.11. The van der Waals surface area contributed by atoms with E-state index in [9.17, 15) is 4.79 Å². The number of pyridine rings is 1. The van der Waals surface area contributed by atoms with Gasteiger partial charge in [0.1, 0.15) is 5.75 Å². The van der Waals surface area contributed by atoms with Crippen LogP contribution in [0.4, 0.5) is 5.69 Å². The number of hydrogen-bond donors (Lipinski definition) is 1. The Morgan fingerprint density at radius 1 is 0.943 bits per heavy atom. The highest BCUT2D eigenvalue weighted by Crippen LogP contribution is 2.28. The summed E-state index contributed by atoms with van der Waals surface area (Å²) in [4.78, 5) is 22.1. The van der Waals surface area contributed by atoms with Crippen molar-refractivity contribution in [2.45, 2.75) is 6.04 Å². The maximum atomic E-state index is 13.0. The van der Waals surface area contributed by atoms with Gasteiger partial charge in [0.05, 0.1) is 27.4 Å². The zero-order chi connectivity index (χ0) is 24.6. The van der Waals surface area contributed by atoms with E-state index in [0.717, 1.165) is 37.5 Å². The van der Waals surface area contributed by atoms with Crippen LogP contribution in [-0.4, -0.2) is 69.8 Å². The van der Waals surface area contributed by atoms with Gasteiger partial charge < -0.3 is 24.4 Å². The molecule has 0 aliphatic carbocycles. The van der Waals surface area contributed by atoms with Crippen LogP contribution in [0.15, 0.2) is 67.0 Å². The molecule has 0 bridgehead atoms. The largest absolute Gasteiger partial charge is 0.497 e. The van der Waals surface area contributed by atoms with Crippen LogP contribution < -0.4 is 24.4 Å². The van der Waals surface area contributed by atoms with E-state index in [1.807, 2.05) is 24.4 Å². The zero-order valence-corrected chi connectivity index (χ0v) is 20.4. The van der Waals surface area contributed by atoms with Gasteiger partial charge in [0.25, 0.3) is 5.91 Å². The Morgan fingerprint density at radius 2 is 1.69 bits per heavy atom. The van der Waals surface area contributed by atoms with Gasteiger partial charge in [0.2, 0.25) is 0 Å². The van der Waals surface area contributed by atoms with Crippen molar-refractivity contribution in [3.05, 3.63) is 78.1 Å². The van der Waals surface area contributed by atoms with Crippen LogP contribution in [0.5, 0.6) is 17.2 Å². The van der Waals surface area contributed by atoms with Gasteiger partial charge in [0, 0.05) is 56.4 Å². The van der Waals surface area contributed by atoms with Crippen molar-refractivity contribution in [2.75, 3.05) is 59.0 Å². The van der Waals surface area contributed by atoms with Crippen LogP contribution in [0.25, 0.3) is 0 Å². The number of carbonyl (C=O) groups excluding carboxylic acids is 1. The Labute approximate surface area is 206 Å². The SMILES string of the molecule is COc1ccc(N2CCN(C(CNC(=O)c3ccc(OC)c(OC)c3)c3cccnc3)CC2)cc1. The van der Waals surface area contributed by atoms with E-state index in [-0.39, 0.29) is 11.9 Å². The smallest absolute Gasteiger partial charge is 0.251 e. The summed E-state index contributed by atoms with van der Waals surface area (Å²) >= 11 is 0. The molecule has 184 valence electrons. The first-order valence-corrected chi connectivity index (χ1v) is 11.7. The standard InChI is InChI=1S/C27H32N4O4/c1-33-23-9-7-22(8-10-23)30-13-15-31(16-14-30)24(21-5-4-12-28-18-21)19-29-27(32)20-6-11-25(34-2)26(17-20)35-3/h4-12,17-18,24H,13-16,19H2,1-3H3,(H,29,32). The molecule has 1 aliphatic heterocycles. The number of amides is 1. The molecule has 0 radical (unpaired) electrons. The number of nitrogens with zero attached hydrogens (tertiary/aromatic N) is 3. The van der Waals surface area contributed by atoms with Crippen molar-refractivity contribution in [2.24, 2.45) is 0 Å². The first-order valence-electron chi connectivity index (χ1n) is 11.7. The van der Waals surface area contributed by atoms with Gasteiger partial charge in [-0.1, -0.05) is 6.07 Å². The number of methoxy groups -OCH3 is 3. The second-order valence-corrected chi connectivity index (χ2v) is 8.30. The normalized spacial score (nSPS) is 14.8. The average Bonchev–Trinajstić information content (AvgIpc) is 2.93. The van der Waals surface area contributed by atoms with Gasteiger partial charge in [-0.3, -0.25) is 14.7 Å². The third kappa shape index (κ3) is 5.84. The highest BCUT2D eigenvalue weighted by Gasteiger charge is 2.26. The summed E-state index contributed by atoms with van der Waals surface area (Å²) in [6.45, 7) is 4.01. The molecule has 8 heteroatoms. The molecular weight excluding hydrogens is 444 g/mol. The van der Waals surface area contributed by atoms with E-state index >= 15 is 0 Å². The second-order valence-electron chi connectivity index (χ2n) is 8.30. The molecule has 1 unspecified atom stereocenters. The lowest BCUT2D eigenvalue weighted by atomic mass is 10.1. The van der Waals surface area contributed by atoms with Crippen molar-refractivity contribution in [1.82, 2.24) is 15.2 Å². The number of ether oxygens (including phenoxy) is 3. The lowest BCUT2D eigenvalue weighted by Gasteiger charge is -2.40. The predicted octanol–water partition coefficient (Wildman–Crippen LogP) is 3.40.